The summed E-state index contributed by atoms with van der Waals surface area (Å²) in [5.74, 6) is 0.800. The standard InChI is InChI=1S/C12H15BrF2O3/c1-3-17-9-5-7(11(16)12(14)15)8(13)6-10(9)18-4-2/h5-6,11-12,16H,3-4H2,1-2H3. The second kappa shape index (κ2) is 6.89. The molecule has 3 nitrogen and oxygen atoms in total. The van der Waals surface area contributed by atoms with Gasteiger partial charge in [-0.25, -0.2) is 8.78 Å². The van der Waals surface area contributed by atoms with Gasteiger partial charge in [-0.15, -0.1) is 0 Å². The van der Waals surface area contributed by atoms with E-state index in [0.717, 1.165) is 0 Å². The Morgan fingerprint density at radius 1 is 1.17 bits per heavy atom. The number of ether oxygens (including phenoxy) is 2. The van der Waals surface area contributed by atoms with Crippen LogP contribution < -0.4 is 9.47 Å². The van der Waals surface area contributed by atoms with Gasteiger partial charge in [-0.05, 0) is 26.0 Å². The average molecular weight is 325 g/mol. The van der Waals surface area contributed by atoms with Gasteiger partial charge in [0.25, 0.3) is 6.43 Å². The third kappa shape index (κ3) is 3.55. The Morgan fingerprint density at radius 3 is 2.11 bits per heavy atom. The first-order chi connectivity index (χ1) is 8.51. The van der Waals surface area contributed by atoms with Gasteiger partial charge in [-0.2, -0.15) is 0 Å². The number of hydrogen-bond donors (Lipinski definition) is 1. The van der Waals surface area contributed by atoms with Crippen molar-refractivity contribution in [3.8, 4) is 11.5 Å². The summed E-state index contributed by atoms with van der Waals surface area (Å²) in [4.78, 5) is 0. The molecule has 1 aromatic rings. The van der Waals surface area contributed by atoms with Crippen molar-refractivity contribution in [2.45, 2.75) is 26.4 Å². The average Bonchev–Trinajstić information content (AvgIpc) is 2.32. The minimum absolute atomic E-state index is 0.0805. The molecule has 1 unspecified atom stereocenters. The van der Waals surface area contributed by atoms with Crippen LogP contribution in [0.3, 0.4) is 0 Å². The Hall–Kier alpha value is -0.880. The number of aliphatic hydroxyl groups excluding tert-OH is 1. The SMILES string of the molecule is CCOc1cc(Br)c(C(O)C(F)F)cc1OCC. The van der Waals surface area contributed by atoms with Crippen molar-refractivity contribution in [2.24, 2.45) is 0 Å². The first-order valence-corrected chi connectivity index (χ1v) is 6.35. The van der Waals surface area contributed by atoms with Crippen LogP contribution in [0.15, 0.2) is 16.6 Å². The molecule has 0 heterocycles. The third-order valence-electron chi connectivity index (χ3n) is 2.22. The first-order valence-electron chi connectivity index (χ1n) is 5.56. The number of rotatable bonds is 6. The molecule has 0 aliphatic heterocycles. The Balaban J connectivity index is 3.17. The first kappa shape index (κ1) is 15.2. The van der Waals surface area contributed by atoms with Crippen LogP contribution in [0.1, 0.15) is 25.5 Å². The van der Waals surface area contributed by atoms with Crippen molar-refractivity contribution in [2.75, 3.05) is 13.2 Å². The van der Waals surface area contributed by atoms with Crippen LogP contribution in [0, 0.1) is 0 Å². The van der Waals surface area contributed by atoms with Crippen molar-refractivity contribution < 1.29 is 23.4 Å². The molecule has 1 N–H and O–H groups in total. The van der Waals surface area contributed by atoms with E-state index < -0.39 is 12.5 Å². The lowest BCUT2D eigenvalue weighted by atomic mass is 10.1. The minimum atomic E-state index is -2.85. The fraction of sp³-hybridized carbons (Fsp3) is 0.500. The van der Waals surface area contributed by atoms with Gasteiger partial charge in [0.2, 0.25) is 0 Å². The molecule has 0 saturated heterocycles. The molecule has 0 aromatic heterocycles. The maximum Gasteiger partial charge on any atom is 0.268 e. The fourth-order valence-corrected chi connectivity index (χ4v) is 2.01. The van der Waals surface area contributed by atoms with Crippen LogP contribution in [0.4, 0.5) is 8.78 Å². The highest BCUT2D eigenvalue weighted by molar-refractivity contribution is 9.10. The lowest BCUT2D eigenvalue weighted by Crippen LogP contribution is -2.10. The zero-order valence-electron chi connectivity index (χ0n) is 10.1. The van der Waals surface area contributed by atoms with Crippen molar-refractivity contribution in [3.63, 3.8) is 0 Å². The number of alkyl halides is 2. The Bertz CT molecular complexity index is 399. The number of hydrogen-bond acceptors (Lipinski definition) is 3. The zero-order chi connectivity index (χ0) is 13.7. The molecular formula is C12H15BrF2O3. The Morgan fingerprint density at radius 2 is 1.67 bits per heavy atom. The number of benzene rings is 1. The topological polar surface area (TPSA) is 38.7 Å². The summed E-state index contributed by atoms with van der Waals surface area (Å²) in [5.41, 5.74) is 0.0805. The van der Waals surface area contributed by atoms with E-state index in [1.54, 1.807) is 6.92 Å². The van der Waals surface area contributed by atoms with E-state index in [0.29, 0.717) is 29.2 Å². The molecule has 0 spiro atoms. The predicted molar refractivity (Wildman–Crippen MR) is 67.4 cm³/mol. The molecule has 0 bridgehead atoms. The molecule has 0 amide bonds. The van der Waals surface area contributed by atoms with E-state index >= 15 is 0 Å². The lowest BCUT2D eigenvalue weighted by Gasteiger charge is -2.17. The van der Waals surface area contributed by atoms with Crippen LogP contribution >= 0.6 is 15.9 Å². The highest BCUT2D eigenvalue weighted by Crippen LogP contribution is 2.37. The highest BCUT2D eigenvalue weighted by Gasteiger charge is 2.23. The molecule has 0 aliphatic carbocycles. The molecule has 18 heavy (non-hydrogen) atoms. The quantitative estimate of drug-likeness (QED) is 0.869. The van der Waals surface area contributed by atoms with Gasteiger partial charge in [0.1, 0.15) is 6.10 Å². The van der Waals surface area contributed by atoms with Crippen LogP contribution in [0.2, 0.25) is 0 Å². The Kier molecular flexibility index (Phi) is 5.81. The van der Waals surface area contributed by atoms with Crippen LogP contribution in [0.25, 0.3) is 0 Å². The molecule has 1 rings (SSSR count). The summed E-state index contributed by atoms with van der Waals surface area (Å²) in [6.07, 6.45) is -4.71. The molecular weight excluding hydrogens is 310 g/mol. The normalized spacial score (nSPS) is 12.6. The van der Waals surface area contributed by atoms with Gasteiger partial charge in [0.15, 0.2) is 11.5 Å². The van der Waals surface area contributed by atoms with Crippen molar-refractivity contribution >= 4 is 15.9 Å². The summed E-state index contributed by atoms with van der Waals surface area (Å²) in [5, 5.41) is 9.42. The molecule has 1 aromatic carbocycles. The summed E-state index contributed by atoms with van der Waals surface area (Å²) in [6.45, 7) is 4.40. The van der Waals surface area contributed by atoms with Gasteiger partial charge in [-0.3, -0.25) is 0 Å². The second-order valence-corrected chi connectivity index (χ2v) is 4.32. The van der Waals surface area contributed by atoms with Crippen molar-refractivity contribution in [1.29, 1.82) is 0 Å². The largest absolute Gasteiger partial charge is 0.490 e. The summed E-state index contributed by atoms with van der Waals surface area (Å²) in [6, 6.07) is 2.89. The van der Waals surface area contributed by atoms with Crippen molar-refractivity contribution in [1.82, 2.24) is 0 Å². The van der Waals surface area contributed by atoms with Gasteiger partial charge >= 0.3 is 0 Å². The lowest BCUT2D eigenvalue weighted by molar-refractivity contribution is -0.00633. The third-order valence-corrected chi connectivity index (χ3v) is 2.91. The monoisotopic (exact) mass is 324 g/mol. The Labute approximate surface area is 113 Å². The maximum absolute atomic E-state index is 12.5. The van der Waals surface area contributed by atoms with Crippen molar-refractivity contribution in [3.05, 3.63) is 22.2 Å². The van der Waals surface area contributed by atoms with Gasteiger partial charge in [0.05, 0.1) is 13.2 Å². The van der Waals surface area contributed by atoms with E-state index in [4.69, 9.17) is 9.47 Å². The highest BCUT2D eigenvalue weighted by atomic mass is 79.9. The minimum Gasteiger partial charge on any atom is -0.490 e. The van der Waals surface area contributed by atoms with E-state index in [9.17, 15) is 13.9 Å². The maximum atomic E-state index is 12.5. The van der Waals surface area contributed by atoms with Gasteiger partial charge in [0, 0.05) is 10.0 Å². The number of halogens is 3. The molecule has 0 saturated carbocycles. The molecule has 102 valence electrons. The van der Waals surface area contributed by atoms with E-state index in [1.807, 2.05) is 6.92 Å². The number of aliphatic hydroxyl groups is 1. The summed E-state index contributed by atoms with van der Waals surface area (Å²) < 4.78 is 36.1. The fourth-order valence-electron chi connectivity index (χ4n) is 1.45. The van der Waals surface area contributed by atoms with Gasteiger partial charge in [-0.1, -0.05) is 15.9 Å². The van der Waals surface area contributed by atoms with Crippen LogP contribution in [-0.2, 0) is 0 Å². The van der Waals surface area contributed by atoms with Crippen LogP contribution in [0.5, 0.6) is 11.5 Å². The zero-order valence-corrected chi connectivity index (χ0v) is 11.7. The van der Waals surface area contributed by atoms with E-state index in [-0.39, 0.29) is 5.56 Å². The molecule has 6 heteroatoms. The molecule has 0 fully saturated rings. The smallest absolute Gasteiger partial charge is 0.268 e. The summed E-state index contributed by atoms with van der Waals surface area (Å²) >= 11 is 3.14. The van der Waals surface area contributed by atoms with E-state index in [2.05, 4.69) is 15.9 Å². The predicted octanol–water partition coefficient (Wildman–Crippen LogP) is 3.55. The van der Waals surface area contributed by atoms with Gasteiger partial charge < -0.3 is 14.6 Å². The molecule has 0 aliphatic rings. The van der Waals surface area contributed by atoms with E-state index in [1.165, 1.54) is 12.1 Å². The summed E-state index contributed by atoms with van der Waals surface area (Å²) in [7, 11) is 0. The molecule has 1 atom stereocenters. The second-order valence-electron chi connectivity index (χ2n) is 3.47. The molecule has 0 radical (unpaired) electrons. The van der Waals surface area contributed by atoms with Crippen LogP contribution in [-0.4, -0.2) is 24.7 Å².